The summed E-state index contributed by atoms with van der Waals surface area (Å²) in [5.74, 6) is 0.283. The summed E-state index contributed by atoms with van der Waals surface area (Å²) >= 11 is 0. The summed E-state index contributed by atoms with van der Waals surface area (Å²) in [4.78, 5) is 25.8. The normalized spacial score (nSPS) is 25.3. The minimum atomic E-state index is -0.680. The molecule has 0 aliphatic heterocycles. The number of carbonyl (C=O) groups is 2. The Kier molecular flexibility index (Phi) is 7.24. The Labute approximate surface area is 168 Å². The number of aryl methyl sites for hydroxylation is 1. The maximum absolute atomic E-state index is 13.3. The van der Waals surface area contributed by atoms with Gasteiger partial charge in [0.05, 0.1) is 6.61 Å². The molecule has 0 heterocycles. The number of hydrogen-bond acceptors (Lipinski definition) is 3. The van der Waals surface area contributed by atoms with Gasteiger partial charge in [-0.2, -0.15) is 0 Å². The van der Waals surface area contributed by atoms with Crippen LogP contribution in [-0.2, 0) is 20.7 Å². The fourth-order valence-electron chi connectivity index (χ4n) is 4.68. The first-order chi connectivity index (χ1) is 13.6. The van der Waals surface area contributed by atoms with Crippen LogP contribution in [0, 0.1) is 30.6 Å². The summed E-state index contributed by atoms with van der Waals surface area (Å²) in [6.07, 6.45) is 14.3. The van der Waals surface area contributed by atoms with Gasteiger partial charge in [0, 0.05) is 5.92 Å². The van der Waals surface area contributed by atoms with Crippen LogP contribution in [0.15, 0.2) is 48.6 Å². The second-order valence-electron chi connectivity index (χ2n) is 8.22. The minimum absolute atomic E-state index is 0.0152. The molecule has 2 aliphatic carbocycles. The smallest absolute Gasteiger partial charge is 0.316 e. The Hall–Kier alpha value is -2.16. The highest BCUT2D eigenvalue weighted by Crippen LogP contribution is 2.38. The average molecular weight is 381 g/mol. The van der Waals surface area contributed by atoms with Gasteiger partial charge in [0.15, 0.2) is 5.78 Å². The highest BCUT2D eigenvalue weighted by atomic mass is 16.5. The Morgan fingerprint density at radius 3 is 2.57 bits per heavy atom. The van der Waals surface area contributed by atoms with Crippen molar-refractivity contribution in [2.24, 2.45) is 23.7 Å². The summed E-state index contributed by atoms with van der Waals surface area (Å²) in [5, 5.41) is 0. The molecule has 1 fully saturated rings. The number of rotatable bonds is 7. The first kappa shape index (κ1) is 20.6. The Bertz CT molecular complexity index is 738. The van der Waals surface area contributed by atoms with Crippen molar-refractivity contribution in [2.75, 3.05) is 6.61 Å². The molecule has 28 heavy (non-hydrogen) atoms. The number of ether oxygens (including phenoxy) is 1. The van der Waals surface area contributed by atoms with E-state index in [1.807, 2.05) is 25.1 Å². The molecule has 3 nitrogen and oxygen atoms in total. The summed E-state index contributed by atoms with van der Waals surface area (Å²) in [7, 11) is 0. The fourth-order valence-corrected chi connectivity index (χ4v) is 4.68. The summed E-state index contributed by atoms with van der Waals surface area (Å²) in [6, 6.07) is 8.06. The standard InChI is InChI=1S/C25H32O3/c1-3-28-25(27)23(17-19-9-7-8-18(2)16-19)24(26)22-14-12-21(13-15-22)20-10-5-4-6-11-20/h4-10,16,20-23H,3,11-15,17H2,1-2H3/t20?,21-,22-,23?. The van der Waals surface area contributed by atoms with E-state index in [1.54, 1.807) is 6.92 Å². The lowest BCUT2D eigenvalue weighted by molar-refractivity contribution is -0.153. The Morgan fingerprint density at radius 1 is 1.14 bits per heavy atom. The lowest BCUT2D eigenvalue weighted by Gasteiger charge is -2.33. The van der Waals surface area contributed by atoms with E-state index in [9.17, 15) is 9.59 Å². The van der Waals surface area contributed by atoms with Gasteiger partial charge < -0.3 is 4.74 Å². The molecule has 3 heteroatoms. The van der Waals surface area contributed by atoms with E-state index in [0.29, 0.717) is 24.9 Å². The number of benzene rings is 1. The van der Waals surface area contributed by atoms with E-state index in [1.165, 1.54) is 0 Å². The highest BCUT2D eigenvalue weighted by molar-refractivity contribution is 6.00. The monoisotopic (exact) mass is 380 g/mol. The van der Waals surface area contributed by atoms with Gasteiger partial charge in [-0.05, 0) is 69.8 Å². The maximum atomic E-state index is 13.3. The van der Waals surface area contributed by atoms with E-state index >= 15 is 0 Å². The molecule has 3 rings (SSSR count). The molecule has 0 amide bonds. The van der Waals surface area contributed by atoms with Gasteiger partial charge in [-0.3, -0.25) is 9.59 Å². The van der Waals surface area contributed by atoms with E-state index in [2.05, 4.69) is 30.4 Å². The molecule has 0 radical (unpaired) electrons. The predicted molar refractivity (Wildman–Crippen MR) is 112 cm³/mol. The van der Waals surface area contributed by atoms with E-state index in [-0.39, 0.29) is 17.7 Å². The van der Waals surface area contributed by atoms with Gasteiger partial charge in [-0.1, -0.05) is 54.1 Å². The molecule has 1 saturated carbocycles. The van der Waals surface area contributed by atoms with Crippen LogP contribution in [0.5, 0.6) is 0 Å². The lowest BCUT2D eigenvalue weighted by Crippen LogP contribution is -2.35. The predicted octanol–water partition coefficient (Wildman–Crippen LogP) is 5.22. The summed E-state index contributed by atoms with van der Waals surface area (Å²) in [6.45, 7) is 4.13. The first-order valence-corrected chi connectivity index (χ1v) is 10.7. The summed E-state index contributed by atoms with van der Waals surface area (Å²) in [5.41, 5.74) is 2.17. The molecule has 1 aromatic rings. The van der Waals surface area contributed by atoms with Gasteiger partial charge in [-0.15, -0.1) is 0 Å². The van der Waals surface area contributed by atoms with Gasteiger partial charge in [-0.25, -0.2) is 0 Å². The quantitative estimate of drug-likeness (QED) is 0.481. The lowest BCUT2D eigenvalue weighted by atomic mass is 9.71. The van der Waals surface area contributed by atoms with E-state index < -0.39 is 5.92 Å². The average Bonchev–Trinajstić information content (AvgIpc) is 2.72. The van der Waals surface area contributed by atoms with Crippen molar-refractivity contribution >= 4 is 11.8 Å². The molecular weight excluding hydrogens is 348 g/mol. The SMILES string of the molecule is CCOC(=O)C(Cc1cccc(C)c1)C(=O)[C@H]1CC[C@H](C2C=CC=CC2)CC1. The molecule has 2 aliphatic rings. The van der Waals surface area contributed by atoms with Crippen molar-refractivity contribution < 1.29 is 14.3 Å². The Morgan fingerprint density at radius 2 is 1.93 bits per heavy atom. The zero-order chi connectivity index (χ0) is 19.9. The van der Waals surface area contributed by atoms with Crippen molar-refractivity contribution in [3.8, 4) is 0 Å². The largest absolute Gasteiger partial charge is 0.465 e. The number of Topliss-reactive ketones (excluding diaryl/α,β-unsaturated/α-hetero) is 1. The molecule has 1 aromatic carbocycles. The van der Waals surface area contributed by atoms with Gasteiger partial charge >= 0.3 is 5.97 Å². The van der Waals surface area contributed by atoms with Crippen molar-refractivity contribution in [3.63, 3.8) is 0 Å². The second kappa shape index (κ2) is 9.86. The van der Waals surface area contributed by atoms with Gasteiger partial charge in [0.2, 0.25) is 0 Å². The summed E-state index contributed by atoms with van der Waals surface area (Å²) < 4.78 is 5.26. The highest BCUT2D eigenvalue weighted by Gasteiger charge is 2.36. The third kappa shape index (κ3) is 5.21. The van der Waals surface area contributed by atoms with Gasteiger partial charge in [0.25, 0.3) is 0 Å². The van der Waals surface area contributed by atoms with Crippen LogP contribution < -0.4 is 0 Å². The van der Waals surface area contributed by atoms with Crippen LogP contribution in [0.4, 0.5) is 0 Å². The van der Waals surface area contributed by atoms with E-state index in [0.717, 1.165) is 43.2 Å². The number of carbonyl (C=O) groups excluding carboxylic acids is 2. The molecule has 0 saturated heterocycles. The van der Waals surface area contributed by atoms with Crippen LogP contribution in [0.1, 0.15) is 50.2 Å². The number of esters is 1. The van der Waals surface area contributed by atoms with Crippen molar-refractivity contribution in [2.45, 2.75) is 52.4 Å². The third-order valence-corrected chi connectivity index (χ3v) is 6.23. The fraction of sp³-hybridized carbons (Fsp3) is 0.520. The first-order valence-electron chi connectivity index (χ1n) is 10.7. The molecule has 2 unspecified atom stereocenters. The van der Waals surface area contributed by atoms with Crippen LogP contribution in [-0.4, -0.2) is 18.4 Å². The van der Waals surface area contributed by atoms with Crippen LogP contribution >= 0.6 is 0 Å². The zero-order valence-corrected chi connectivity index (χ0v) is 17.1. The van der Waals surface area contributed by atoms with Gasteiger partial charge in [0.1, 0.15) is 5.92 Å². The zero-order valence-electron chi connectivity index (χ0n) is 17.1. The number of ketones is 1. The van der Waals surface area contributed by atoms with Crippen LogP contribution in [0.25, 0.3) is 0 Å². The maximum Gasteiger partial charge on any atom is 0.316 e. The van der Waals surface area contributed by atoms with E-state index in [4.69, 9.17) is 4.74 Å². The van der Waals surface area contributed by atoms with Crippen molar-refractivity contribution in [3.05, 3.63) is 59.7 Å². The molecule has 2 atom stereocenters. The topological polar surface area (TPSA) is 43.4 Å². The molecule has 0 N–H and O–H groups in total. The molecular formula is C25H32O3. The Balaban J connectivity index is 1.64. The number of hydrogen-bond donors (Lipinski definition) is 0. The van der Waals surface area contributed by atoms with Crippen LogP contribution in [0.3, 0.4) is 0 Å². The second-order valence-corrected chi connectivity index (χ2v) is 8.22. The van der Waals surface area contributed by atoms with Crippen molar-refractivity contribution in [1.29, 1.82) is 0 Å². The molecule has 0 aromatic heterocycles. The minimum Gasteiger partial charge on any atom is -0.465 e. The van der Waals surface area contributed by atoms with Crippen LogP contribution in [0.2, 0.25) is 0 Å². The third-order valence-electron chi connectivity index (χ3n) is 6.23. The molecule has 0 bridgehead atoms. The molecule has 0 spiro atoms. The molecule has 150 valence electrons. The van der Waals surface area contributed by atoms with Crippen molar-refractivity contribution in [1.82, 2.24) is 0 Å². The number of allylic oxidation sites excluding steroid dienone is 4.